The predicted octanol–water partition coefficient (Wildman–Crippen LogP) is 3.51. The van der Waals surface area contributed by atoms with E-state index in [-0.39, 0.29) is 5.78 Å². The molecule has 0 aliphatic heterocycles. The Balaban J connectivity index is 2.09. The van der Waals surface area contributed by atoms with Gasteiger partial charge in [-0.15, -0.1) is 0 Å². The van der Waals surface area contributed by atoms with Crippen LogP contribution in [0.25, 0.3) is 0 Å². The lowest BCUT2D eigenvalue weighted by Gasteiger charge is -2.02. The van der Waals surface area contributed by atoms with E-state index < -0.39 is 0 Å². The van der Waals surface area contributed by atoms with Gasteiger partial charge in [0.2, 0.25) is 0 Å². The normalized spacial score (nSPS) is 18.1. The van der Waals surface area contributed by atoms with Gasteiger partial charge in [-0.05, 0) is 31.0 Å². The number of nitrogens with zero attached hydrogens (tertiary/aromatic N) is 1. The zero-order valence-electron chi connectivity index (χ0n) is 8.46. The Kier molecular flexibility index (Phi) is 3.46. The van der Waals surface area contributed by atoms with E-state index in [2.05, 4.69) is 10.5 Å². The minimum Gasteiger partial charge on any atom is -0.293 e. The SMILES string of the molecule is O=C1CCC/C1=N/Nc1ccc(Cl)c(Cl)c1. The molecule has 0 amide bonds. The van der Waals surface area contributed by atoms with Crippen molar-refractivity contribution in [2.45, 2.75) is 19.3 Å². The minimum absolute atomic E-state index is 0.118. The molecule has 1 aromatic rings. The Morgan fingerprint density at radius 3 is 2.62 bits per heavy atom. The van der Waals surface area contributed by atoms with E-state index >= 15 is 0 Å². The molecule has 0 radical (unpaired) electrons. The van der Waals surface area contributed by atoms with Crippen LogP contribution in [0.5, 0.6) is 0 Å². The van der Waals surface area contributed by atoms with Crippen LogP contribution >= 0.6 is 23.2 Å². The van der Waals surface area contributed by atoms with Crippen LogP contribution in [-0.4, -0.2) is 11.5 Å². The van der Waals surface area contributed by atoms with Gasteiger partial charge >= 0.3 is 0 Å². The number of halogens is 2. The molecule has 0 aromatic heterocycles. The molecule has 84 valence electrons. The van der Waals surface area contributed by atoms with Crippen molar-refractivity contribution in [2.24, 2.45) is 5.10 Å². The van der Waals surface area contributed by atoms with Crippen molar-refractivity contribution in [1.82, 2.24) is 0 Å². The quantitative estimate of drug-likeness (QED) is 0.823. The predicted molar refractivity (Wildman–Crippen MR) is 66.4 cm³/mol. The van der Waals surface area contributed by atoms with E-state index in [9.17, 15) is 4.79 Å². The van der Waals surface area contributed by atoms with Crippen molar-refractivity contribution in [3.63, 3.8) is 0 Å². The molecule has 1 aromatic carbocycles. The highest BCUT2D eigenvalue weighted by atomic mass is 35.5. The number of carbonyl (C=O) groups excluding carboxylic acids is 1. The largest absolute Gasteiger partial charge is 0.293 e. The summed E-state index contributed by atoms with van der Waals surface area (Å²) in [6.45, 7) is 0. The van der Waals surface area contributed by atoms with Crippen molar-refractivity contribution in [1.29, 1.82) is 0 Å². The van der Waals surface area contributed by atoms with Crippen LogP contribution in [0, 0.1) is 0 Å². The average molecular weight is 257 g/mol. The van der Waals surface area contributed by atoms with Gasteiger partial charge in [-0.25, -0.2) is 0 Å². The molecule has 0 bridgehead atoms. The van der Waals surface area contributed by atoms with Crippen LogP contribution in [0.2, 0.25) is 10.0 Å². The number of carbonyl (C=O) groups is 1. The number of hydrazone groups is 1. The number of hydrogen-bond donors (Lipinski definition) is 1. The first-order chi connectivity index (χ1) is 7.66. The molecule has 0 atom stereocenters. The van der Waals surface area contributed by atoms with Crippen molar-refractivity contribution in [3.05, 3.63) is 28.2 Å². The third kappa shape index (κ3) is 2.54. The third-order valence-electron chi connectivity index (χ3n) is 2.38. The monoisotopic (exact) mass is 256 g/mol. The molecule has 3 nitrogen and oxygen atoms in total. The standard InChI is InChI=1S/C11H10Cl2N2O/c12-8-5-4-7(6-9(8)13)14-15-10-2-1-3-11(10)16/h4-6,14H,1-3H2/b15-10-. The number of nitrogens with one attached hydrogen (secondary N) is 1. The van der Waals surface area contributed by atoms with E-state index in [0.29, 0.717) is 22.2 Å². The third-order valence-corrected chi connectivity index (χ3v) is 3.12. The van der Waals surface area contributed by atoms with Crippen LogP contribution in [0.3, 0.4) is 0 Å². The zero-order chi connectivity index (χ0) is 11.5. The van der Waals surface area contributed by atoms with E-state index in [1.807, 2.05) is 0 Å². The lowest BCUT2D eigenvalue weighted by Crippen LogP contribution is -2.07. The lowest BCUT2D eigenvalue weighted by molar-refractivity contribution is -0.112. The minimum atomic E-state index is 0.118. The number of rotatable bonds is 2. The summed E-state index contributed by atoms with van der Waals surface area (Å²) in [5, 5.41) is 5.02. The first-order valence-electron chi connectivity index (χ1n) is 4.97. The molecule has 0 heterocycles. The molecule has 1 fully saturated rings. The van der Waals surface area contributed by atoms with E-state index in [0.717, 1.165) is 18.5 Å². The second-order valence-corrected chi connectivity index (χ2v) is 4.39. The smallest absolute Gasteiger partial charge is 0.178 e. The Morgan fingerprint density at radius 2 is 2.00 bits per heavy atom. The highest BCUT2D eigenvalue weighted by Gasteiger charge is 2.18. The van der Waals surface area contributed by atoms with Gasteiger partial charge in [0.15, 0.2) is 5.78 Å². The van der Waals surface area contributed by atoms with Gasteiger partial charge in [0.25, 0.3) is 0 Å². The van der Waals surface area contributed by atoms with Crippen LogP contribution in [0.4, 0.5) is 5.69 Å². The van der Waals surface area contributed by atoms with Crippen molar-refractivity contribution < 1.29 is 4.79 Å². The van der Waals surface area contributed by atoms with Crippen LogP contribution in [-0.2, 0) is 4.79 Å². The van der Waals surface area contributed by atoms with Crippen molar-refractivity contribution in [2.75, 3.05) is 5.43 Å². The van der Waals surface area contributed by atoms with E-state index in [4.69, 9.17) is 23.2 Å². The molecule has 16 heavy (non-hydrogen) atoms. The molecule has 0 spiro atoms. The molecular weight excluding hydrogens is 247 g/mol. The number of hydrogen-bond acceptors (Lipinski definition) is 3. The van der Waals surface area contributed by atoms with Gasteiger partial charge in [0.05, 0.1) is 15.7 Å². The van der Waals surface area contributed by atoms with Crippen LogP contribution < -0.4 is 5.43 Å². The summed E-state index contributed by atoms with van der Waals surface area (Å²) in [5.74, 6) is 0.118. The molecule has 1 N–H and O–H groups in total. The summed E-state index contributed by atoms with van der Waals surface area (Å²) in [6, 6.07) is 5.12. The number of Topliss-reactive ketones (excluding diaryl/α,β-unsaturated/α-hetero) is 1. The summed E-state index contributed by atoms with van der Waals surface area (Å²) in [4.78, 5) is 11.3. The number of ketones is 1. The molecule has 2 rings (SSSR count). The highest BCUT2D eigenvalue weighted by molar-refractivity contribution is 6.42. The van der Waals surface area contributed by atoms with Crippen molar-refractivity contribution in [3.8, 4) is 0 Å². The van der Waals surface area contributed by atoms with Crippen LogP contribution in [0.1, 0.15) is 19.3 Å². The first-order valence-corrected chi connectivity index (χ1v) is 5.73. The summed E-state index contributed by atoms with van der Waals surface area (Å²) in [7, 11) is 0. The molecule has 0 saturated heterocycles. The molecule has 1 saturated carbocycles. The van der Waals surface area contributed by atoms with E-state index in [1.165, 1.54) is 0 Å². The van der Waals surface area contributed by atoms with Gasteiger partial charge in [0, 0.05) is 6.42 Å². The molecule has 0 unspecified atom stereocenters. The Labute approximate surface area is 103 Å². The fourth-order valence-electron chi connectivity index (χ4n) is 1.52. The maximum absolute atomic E-state index is 11.3. The number of anilines is 1. The van der Waals surface area contributed by atoms with Gasteiger partial charge in [-0.3, -0.25) is 10.2 Å². The Bertz CT molecular complexity index is 457. The van der Waals surface area contributed by atoms with E-state index in [1.54, 1.807) is 18.2 Å². The second kappa shape index (κ2) is 4.85. The summed E-state index contributed by atoms with van der Waals surface area (Å²) >= 11 is 11.6. The molecule has 5 heteroatoms. The summed E-state index contributed by atoms with van der Waals surface area (Å²) in [6.07, 6.45) is 2.23. The van der Waals surface area contributed by atoms with Crippen LogP contribution in [0.15, 0.2) is 23.3 Å². The zero-order valence-corrected chi connectivity index (χ0v) is 9.98. The summed E-state index contributed by atoms with van der Waals surface area (Å²) < 4.78 is 0. The first kappa shape index (κ1) is 11.4. The molecule has 1 aliphatic carbocycles. The van der Waals surface area contributed by atoms with Gasteiger partial charge in [0.1, 0.15) is 5.71 Å². The lowest BCUT2D eigenvalue weighted by atomic mass is 10.3. The fraction of sp³-hybridized carbons (Fsp3) is 0.273. The summed E-state index contributed by atoms with van der Waals surface area (Å²) in [5.41, 5.74) is 4.14. The second-order valence-electron chi connectivity index (χ2n) is 3.58. The number of benzene rings is 1. The fourth-order valence-corrected chi connectivity index (χ4v) is 1.81. The topological polar surface area (TPSA) is 41.5 Å². The Hall–Kier alpha value is -1.06. The van der Waals surface area contributed by atoms with Gasteiger partial charge in [-0.2, -0.15) is 5.10 Å². The maximum Gasteiger partial charge on any atom is 0.178 e. The Morgan fingerprint density at radius 1 is 1.19 bits per heavy atom. The highest BCUT2D eigenvalue weighted by Crippen LogP contribution is 2.25. The molecular formula is C11H10Cl2N2O. The maximum atomic E-state index is 11.3. The van der Waals surface area contributed by atoms with Gasteiger partial charge < -0.3 is 0 Å². The van der Waals surface area contributed by atoms with Gasteiger partial charge in [-0.1, -0.05) is 23.2 Å². The average Bonchev–Trinajstić information content (AvgIpc) is 2.66. The van der Waals surface area contributed by atoms with Crippen molar-refractivity contribution >= 4 is 40.4 Å². The molecule has 1 aliphatic rings.